The van der Waals surface area contributed by atoms with Gasteiger partial charge in [-0.3, -0.25) is 4.98 Å². The summed E-state index contributed by atoms with van der Waals surface area (Å²) in [6, 6.07) is 11.6. The minimum absolute atomic E-state index is 0.400. The summed E-state index contributed by atoms with van der Waals surface area (Å²) in [5, 5.41) is 4.79. The standard InChI is InChI=1S/C14H10BrClN2O/c15-10-6-9-2-1-3-12(14(9)18-7-10)17-8-11-4-5-13(16)19-11/h1-7,17H,8H2. The van der Waals surface area contributed by atoms with Gasteiger partial charge in [-0.2, -0.15) is 0 Å². The van der Waals surface area contributed by atoms with E-state index >= 15 is 0 Å². The van der Waals surface area contributed by atoms with Crippen LogP contribution in [0, 0.1) is 0 Å². The summed E-state index contributed by atoms with van der Waals surface area (Å²) < 4.78 is 6.28. The van der Waals surface area contributed by atoms with Gasteiger partial charge in [0.05, 0.1) is 17.7 Å². The number of hydrogen-bond acceptors (Lipinski definition) is 3. The number of aromatic nitrogens is 1. The van der Waals surface area contributed by atoms with Crippen molar-refractivity contribution in [1.82, 2.24) is 4.98 Å². The highest BCUT2D eigenvalue weighted by atomic mass is 79.9. The zero-order valence-electron chi connectivity index (χ0n) is 9.86. The lowest BCUT2D eigenvalue weighted by molar-refractivity contribution is 0.520. The van der Waals surface area contributed by atoms with Crippen molar-refractivity contribution < 1.29 is 4.42 Å². The van der Waals surface area contributed by atoms with Crippen molar-refractivity contribution in [2.45, 2.75) is 6.54 Å². The Morgan fingerprint density at radius 2 is 2.16 bits per heavy atom. The Labute approximate surface area is 123 Å². The van der Waals surface area contributed by atoms with Gasteiger partial charge in [-0.15, -0.1) is 0 Å². The molecule has 0 radical (unpaired) electrons. The molecule has 1 N–H and O–H groups in total. The fourth-order valence-electron chi connectivity index (χ4n) is 1.91. The Hall–Kier alpha value is -1.52. The maximum atomic E-state index is 5.74. The third-order valence-electron chi connectivity index (χ3n) is 2.76. The smallest absolute Gasteiger partial charge is 0.193 e. The number of anilines is 1. The van der Waals surface area contributed by atoms with Gasteiger partial charge in [-0.25, -0.2) is 0 Å². The van der Waals surface area contributed by atoms with Crippen molar-refractivity contribution in [3.8, 4) is 0 Å². The minimum Gasteiger partial charge on any atom is -0.448 e. The summed E-state index contributed by atoms with van der Waals surface area (Å²) in [6.45, 7) is 0.573. The highest BCUT2D eigenvalue weighted by Gasteiger charge is 2.04. The molecule has 19 heavy (non-hydrogen) atoms. The van der Waals surface area contributed by atoms with Gasteiger partial charge in [0.15, 0.2) is 5.22 Å². The first kappa shape index (κ1) is 12.5. The predicted octanol–water partition coefficient (Wildman–Crippen LogP) is 4.86. The van der Waals surface area contributed by atoms with Gasteiger partial charge in [0.1, 0.15) is 5.76 Å². The summed E-state index contributed by atoms with van der Waals surface area (Å²) in [5.74, 6) is 0.791. The van der Waals surface area contributed by atoms with Crippen molar-refractivity contribution in [3.05, 3.63) is 58.0 Å². The van der Waals surface area contributed by atoms with Crippen LogP contribution in [0.25, 0.3) is 10.9 Å². The Morgan fingerprint density at radius 1 is 1.26 bits per heavy atom. The van der Waals surface area contributed by atoms with E-state index in [1.54, 1.807) is 12.3 Å². The zero-order valence-corrected chi connectivity index (χ0v) is 12.2. The van der Waals surface area contributed by atoms with Crippen molar-refractivity contribution in [2.75, 3.05) is 5.32 Å². The molecule has 0 saturated carbocycles. The molecule has 2 aromatic heterocycles. The van der Waals surface area contributed by atoms with E-state index in [1.807, 2.05) is 30.3 Å². The molecule has 0 amide bonds. The highest BCUT2D eigenvalue weighted by molar-refractivity contribution is 9.10. The maximum Gasteiger partial charge on any atom is 0.193 e. The Kier molecular flexibility index (Phi) is 3.44. The summed E-state index contributed by atoms with van der Waals surface area (Å²) in [4.78, 5) is 4.43. The molecule has 0 aliphatic rings. The van der Waals surface area contributed by atoms with Crippen LogP contribution in [-0.2, 0) is 6.54 Å². The second-order valence-corrected chi connectivity index (χ2v) is 5.38. The number of hydrogen-bond donors (Lipinski definition) is 1. The largest absolute Gasteiger partial charge is 0.448 e. The van der Waals surface area contributed by atoms with Crippen molar-refractivity contribution >= 4 is 44.1 Å². The van der Waals surface area contributed by atoms with Crippen molar-refractivity contribution in [3.63, 3.8) is 0 Å². The van der Waals surface area contributed by atoms with Gasteiger partial charge < -0.3 is 9.73 Å². The Bertz CT molecular complexity index is 726. The monoisotopic (exact) mass is 336 g/mol. The number of furan rings is 1. The van der Waals surface area contributed by atoms with Gasteiger partial charge in [0, 0.05) is 16.1 Å². The molecule has 3 aromatic rings. The minimum atomic E-state index is 0.400. The first-order valence-electron chi connectivity index (χ1n) is 5.75. The fraction of sp³-hybridized carbons (Fsp3) is 0.0714. The van der Waals surface area contributed by atoms with E-state index in [4.69, 9.17) is 16.0 Å². The van der Waals surface area contributed by atoms with Crippen LogP contribution in [0.1, 0.15) is 5.76 Å². The van der Waals surface area contributed by atoms with Crippen molar-refractivity contribution in [1.29, 1.82) is 0 Å². The lowest BCUT2D eigenvalue weighted by atomic mass is 10.2. The number of para-hydroxylation sites is 1. The van der Waals surface area contributed by atoms with E-state index in [-0.39, 0.29) is 0 Å². The topological polar surface area (TPSA) is 38.1 Å². The van der Waals surface area contributed by atoms with Crippen LogP contribution < -0.4 is 5.32 Å². The Morgan fingerprint density at radius 3 is 2.95 bits per heavy atom. The van der Waals surface area contributed by atoms with Gasteiger partial charge in [0.25, 0.3) is 0 Å². The molecule has 0 unspecified atom stereocenters. The molecule has 0 spiro atoms. The summed E-state index contributed by atoms with van der Waals surface area (Å²) in [5.41, 5.74) is 1.90. The average molecular weight is 338 g/mol. The van der Waals surface area contributed by atoms with Gasteiger partial charge in [-0.1, -0.05) is 12.1 Å². The van der Waals surface area contributed by atoms with Crippen molar-refractivity contribution in [2.24, 2.45) is 0 Å². The van der Waals surface area contributed by atoms with E-state index in [0.717, 1.165) is 26.8 Å². The molecule has 0 atom stereocenters. The van der Waals surface area contributed by atoms with Gasteiger partial charge in [0.2, 0.25) is 0 Å². The van der Waals surface area contributed by atoms with Crippen LogP contribution in [0.2, 0.25) is 5.22 Å². The first-order valence-corrected chi connectivity index (χ1v) is 6.92. The zero-order chi connectivity index (χ0) is 13.2. The molecular formula is C14H10BrClN2O. The van der Waals surface area contributed by atoms with E-state index < -0.39 is 0 Å². The van der Waals surface area contributed by atoms with Crippen LogP contribution in [0.5, 0.6) is 0 Å². The SMILES string of the molecule is Clc1ccc(CNc2cccc3cc(Br)cnc23)o1. The molecule has 1 aromatic carbocycles. The Balaban J connectivity index is 1.88. The maximum absolute atomic E-state index is 5.74. The van der Waals surface area contributed by atoms with Crippen LogP contribution in [0.15, 0.2) is 51.5 Å². The number of benzene rings is 1. The molecule has 3 rings (SSSR count). The number of pyridine rings is 1. The van der Waals surface area contributed by atoms with E-state index in [2.05, 4.69) is 26.2 Å². The van der Waals surface area contributed by atoms with E-state index in [9.17, 15) is 0 Å². The molecule has 5 heteroatoms. The lowest BCUT2D eigenvalue weighted by Gasteiger charge is -2.07. The summed E-state index contributed by atoms with van der Waals surface area (Å²) in [6.07, 6.45) is 1.79. The van der Waals surface area contributed by atoms with Gasteiger partial charge >= 0.3 is 0 Å². The molecule has 0 fully saturated rings. The molecule has 0 aliphatic heterocycles. The second-order valence-electron chi connectivity index (χ2n) is 4.09. The molecule has 3 nitrogen and oxygen atoms in total. The first-order chi connectivity index (χ1) is 9.22. The van der Waals surface area contributed by atoms with Crippen LogP contribution >= 0.6 is 27.5 Å². The predicted molar refractivity (Wildman–Crippen MR) is 80.5 cm³/mol. The average Bonchev–Trinajstić information content (AvgIpc) is 2.81. The number of halogens is 2. The molecule has 2 heterocycles. The fourth-order valence-corrected chi connectivity index (χ4v) is 2.42. The summed E-state index contributed by atoms with van der Waals surface area (Å²) in [7, 11) is 0. The summed E-state index contributed by atoms with van der Waals surface area (Å²) >= 11 is 9.17. The number of nitrogens with zero attached hydrogens (tertiary/aromatic N) is 1. The van der Waals surface area contributed by atoms with Crippen LogP contribution in [0.3, 0.4) is 0 Å². The van der Waals surface area contributed by atoms with E-state index in [1.165, 1.54) is 0 Å². The highest BCUT2D eigenvalue weighted by Crippen LogP contribution is 2.24. The lowest BCUT2D eigenvalue weighted by Crippen LogP contribution is -1.99. The number of rotatable bonds is 3. The molecule has 0 bridgehead atoms. The molecule has 96 valence electrons. The van der Waals surface area contributed by atoms with Gasteiger partial charge in [-0.05, 0) is 51.8 Å². The molecule has 0 saturated heterocycles. The van der Waals surface area contributed by atoms with E-state index in [0.29, 0.717) is 11.8 Å². The van der Waals surface area contributed by atoms with Crippen LogP contribution in [0.4, 0.5) is 5.69 Å². The number of fused-ring (bicyclic) bond motifs is 1. The third-order valence-corrected chi connectivity index (χ3v) is 3.40. The second kappa shape index (κ2) is 5.23. The normalized spacial score (nSPS) is 10.8. The quantitative estimate of drug-likeness (QED) is 0.742. The number of nitrogens with one attached hydrogen (secondary N) is 1. The third kappa shape index (κ3) is 2.74. The molecule has 0 aliphatic carbocycles. The molecular weight excluding hydrogens is 328 g/mol. The van der Waals surface area contributed by atoms with Crippen LogP contribution in [-0.4, -0.2) is 4.98 Å².